The zero-order valence-electron chi connectivity index (χ0n) is 9.11. The molecule has 0 aliphatic carbocycles. The van der Waals surface area contributed by atoms with Gasteiger partial charge in [-0.3, -0.25) is 19.7 Å². The van der Waals surface area contributed by atoms with Crippen LogP contribution in [0.2, 0.25) is 0 Å². The van der Waals surface area contributed by atoms with E-state index in [2.05, 4.69) is 4.74 Å². The molecule has 1 N–H and O–H groups in total. The highest BCUT2D eigenvalue weighted by Crippen LogP contribution is 2.20. The molecule has 0 aromatic carbocycles. The number of nitro groups is 1. The lowest BCUT2D eigenvalue weighted by atomic mass is 10.1. The quantitative estimate of drug-likeness (QED) is 0.494. The molecule has 1 aromatic heterocycles. The lowest BCUT2D eigenvalue weighted by molar-refractivity contribution is -0.386. The Kier molecular flexibility index (Phi) is 4.08. The van der Waals surface area contributed by atoms with E-state index in [1.54, 1.807) is 0 Å². The molecule has 18 heavy (non-hydrogen) atoms. The predicted molar refractivity (Wildman–Crippen MR) is 54.4 cm³/mol. The number of nitrogens with zero attached hydrogens (tertiary/aromatic N) is 1. The van der Waals surface area contributed by atoms with E-state index in [1.165, 1.54) is 0 Å². The number of rotatable bonds is 4. The Morgan fingerprint density at radius 1 is 1.61 bits per heavy atom. The normalized spacial score (nSPS) is 10.4. The standard InChI is InChI=1S/C9H8F2N2O5/c1-18-6(14)2-4-7(9(10)11)12-3-5(8(4)15)13(16)17/h3,9H,2H2,1H3,(H,12,15). The Hall–Kier alpha value is -2.32. The second kappa shape index (κ2) is 5.34. The summed E-state index contributed by atoms with van der Waals surface area (Å²) in [5.74, 6) is -0.942. The Labute approximate surface area is 98.5 Å². The molecule has 1 aromatic rings. The lowest BCUT2D eigenvalue weighted by Gasteiger charge is -2.06. The molecule has 9 heteroatoms. The topological polar surface area (TPSA) is 102 Å². The van der Waals surface area contributed by atoms with Crippen LogP contribution in [0.15, 0.2) is 11.0 Å². The van der Waals surface area contributed by atoms with Gasteiger partial charge in [-0.05, 0) is 0 Å². The van der Waals surface area contributed by atoms with Crippen LogP contribution in [0.1, 0.15) is 17.7 Å². The Morgan fingerprint density at radius 3 is 2.67 bits per heavy atom. The number of esters is 1. The molecule has 0 radical (unpaired) electrons. The average Bonchev–Trinajstić information content (AvgIpc) is 2.30. The number of carbonyl (C=O) groups excluding carboxylic acids is 1. The van der Waals surface area contributed by atoms with E-state index in [0.717, 1.165) is 7.11 Å². The third-order valence-electron chi connectivity index (χ3n) is 2.16. The molecule has 0 spiro atoms. The lowest BCUT2D eigenvalue weighted by Crippen LogP contribution is -2.21. The number of aromatic nitrogens is 1. The van der Waals surface area contributed by atoms with Crippen molar-refractivity contribution in [3.05, 3.63) is 37.8 Å². The fraction of sp³-hybridized carbons (Fsp3) is 0.333. The van der Waals surface area contributed by atoms with E-state index in [-0.39, 0.29) is 0 Å². The molecule has 0 aliphatic heterocycles. The minimum Gasteiger partial charge on any atom is -0.469 e. The highest BCUT2D eigenvalue weighted by Gasteiger charge is 2.25. The summed E-state index contributed by atoms with van der Waals surface area (Å²) in [6.07, 6.45) is -3.24. The van der Waals surface area contributed by atoms with Crippen LogP contribution in [0.3, 0.4) is 0 Å². The molecule has 7 nitrogen and oxygen atoms in total. The minimum absolute atomic E-state index is 0.574. The minimum atomic E-state index is -3.06. The molecule has 0 bridgehead atoms. The Balaban J connectivity index is 3.41. The number of hydrogen-bond acceptors (Lipinski definition) is 5. The number of nitrogens with one attached hydrogen (secondary N) is 1. The zero-order chi connectivity index (χ0) is 13.9. The van der Waals surface area contributed by atoms with Gasteiger partial charge in [-0.15, -0.1) is 0 Å². The second-order valence-electron chi connectivity index (χ2n) is 3.21. The van der Waals surface area contributed by atoms with Crippen LogP contribution in [0, 0.1) is 10.1 Å². The summed E-state index contributed by atoms with van der Waals surface area (Å²) < 4.78 is 29.4. The molecule has 98 valence electrons. The van der Waals surface area contributed by atoms with E-state index >= 15 is 0 Å². The van der Waals surface area contributed by atoms with Crippen LogP contribution in [-0.4, -0.2) is 23.0 Å². The SMILES string of the molecule is COC(=O)Cc1c(C(F)F)[nH]cc([N+](=O)[O-])c1=O. The second-order valence-corrected chi connectivity index (χ2v) is 3.21. The van der Waals surface area contributed by atoms with Gasteiger partial charge in [-0.2, -0.15) is 0 Å². The van der Waals surface area contributed by atoms with Crippen molar-refractivity contribution < 1.29 is 23.2 Å². The number of H-pyrrole nitrogens is 1. The third-order valence-corrected chi connectivity index (χ3v) is 2.16. The fourth-order valence-corrected chi connectivity index (χ4v) is 1.30. The first kappa shape index (κ1) is 13.7. The molecular weight excluding hydrogens is 254 g/mol. The van der Waals surface area contributed by atoms with Gasteiger partial charge in [-0.1, -0.05) is 0 Å². The number of alkyl halides is 2. The van der Waals surface area contributed by atoms with Crippen molar-refractivity contribution in [2.24, 2.45) is 0 Å². The Bertz CT molecular complexity index is 540. The average molecular weight is 262 g/mol. The number of aromatic amines is 1. The molecule has 0 aliphatic rings. The maximum atomic E-state index is 12.6. The number of hydrogen-bond donors (Lipinski definition) is 1. The van der Waals surface area contributed by atoms with Gasteiger partial charge in [0.25, 0.3) is 11.9 Å². The maximum Gasteiger partial charge on any atom is 0.332 e. The van der Waals surface area contributed by atoms with E-state index < -0.39 is 46.1 Å². The monoisotopic (exact) mass is 262 g/mol. The van der Waals surface area contributed by atoms with Gasteiger partial charge in [0.15, 0.2) is 0 Å². The fourth-order valence-electron chi connectivity index (χ4n) is 1.30. The van der Waals surface area contributed by atoms with E-state index in [4.69, 9.17) is 0 Å². The van der Waals surface area contributed by atoms with Gasteiger partial charge in [0, 0.05) is 5.56 Å². The summed E-state index contributed by atoms with van der Waals surface area (Å²) in [5, 5.41) is 10.5. The van der Waals surface area contributed by atoms with Gasteiger partial charge >= 0.3 is 11.7 Å². The molecule has 0 saturated heterocycles. The third kappa shape index (κ3) is 2.67. The number of methoxy groups -OCH3 is 1. The summed E-state index contributed by atoms with van der Waals surface area (Å²) in [4.78, 5) is 34.0. The van der Waals surface area contributed by atoms with Gasteiger partial charge < -0.3 is 9.72 Å². The highest BCUT2D eigenvalue weighted by atomic mass is 19.3. The number of carbonyl (C=O) groups is 1. The summed E-state index contributed by atoms with van der Waals surface area (Å²) in [6, 6.07) is 0. The summed E-state index contributed by atoms with van der Waals surface area (Å²) in [5.41, 5.74) is -3.61. The first-order chi connectivity index (χ1) is 8.38. The molecule has 0 atom stereocenters. The van der Waals surface area contributed by atoms with Crippen molar-refractivity contribution in [2.75, 3.05) is 7.11 Å². The Morgan fingerprint density at radius 2 is 2.22 bits per heavy atom. The maximum absolute atomic E-state index is 12.6. The number of pyridine rings is 1. The van der Waals surface area contributed by atoms with Crippen LogP contribution in [-0.2, 0) is 16.0 Å². The smallest absolute Gasteiger partial charge is 0.332 e. The molecule has 0 fully saturated rings. The molecule has 1 heterocycles. The highest BCUT2D eigenvalue weighted by molar-refractivity contribution is 5.73. The molecule has 0 unspecified atom stereocenters. The van der Waals surface area contributed by atoms with Crippen molar-refractivity contribution >= 4 is 11.7 Å². The van der Waals surface area contributed by atoms with Crippen molar-refractivity contribution in [2.45, 2.75) is 12.8 Å². The van der Waals surface area contributed by atoms with Crippen LogP contribution in [0.4, 0.5) is 14.5 Å². The van der Waals surface area contributed by atoms with Gasteiger partial charge in [0.2, 0.25) is 0 Å². The first-order valence-electron chi connectivity index (χ1n) is 4.62. The molecule has 0 saturated carbocycles. The van der Waals surface area contributed by atoms with Crippen LogP contribution >= 0.6 is 0 Å². The summed E-state index contributed by atoms with van der Waals surface area (Å²) in [6.45, 7) is 0. The molecule has 0 amide bonds. The number of ether oxygens (including phenoxy) is 1. The van der Waals surface area contributed by atoms with Gasteiger partial charge in [0.05, 0.1) is 30.3 Å². The largest absolute Gasteiger partial charge is 0.469 e. The van der Waals surface area contributed by atoms with Crippen LogP contribution < -0.4 is 5.43 Å². The zero-order valence-corrected chi connectivity index (χ0v) is 9.11. The summed E-state index contributed by atoms with van der Waals surface area (Å²) >= 11 is 0. The van der Waals surface area contributed by atoms with Crippen molar-refractivity contribution in [1.29, 1.82) is 0 Å². The molecular formula is C9H8F2N2O5. The first-order valence-corrected chi connectivity index (χ1v) is 4.62. The summed E-state index contributed by atoms with van der Waals surface area (Å²) in [7, 11) is 1.01. The van der Waals surface area contributed by atoms with E-state index in [9.17, 15) is 28.5 Å². The van der Waals surface area contributed by atoms with Crippen molar-refractivity contribution in [1.82, 2.24) is 4.98 Å². The van der Waals surface area contributed by atoms with Crippen LogP contribution in [0.25, 0.3) is 0 Å². The van der Waals surface area contributed by atoms with Gasteiger partial charge in [0.1, 0.15) is 0 Å². The van der Waals surface area contributed by atoms with E-state index in [1.807, 2.05) is 4.98 Å². The number of halogens is 2. The van der Waals surface area contributed by atoms with E-state index in [0.29, 0.717) is 6.20 Å². The molecule has 1 rings (SSSR count). The van der Waals surface area contributed by atoms with Crippen molar-refractivity contribution in [3.8, 4) is 0 Å². The van der Waals surface area contributed by atoms with Crippen molar-refractivity contribution in [3.63, 3.8) is 0 Å². The van der Waals surface area contributed by atoms with Gasteiger partial charge in [-0.25, -0.2) is 8.78 Å². The predicted octanol–water partition coefficient (Wildman–Crippen LogP) is 0.936. The van der Waals surface area contributed by atoms with Crippen LogP contribution in [0.5, 0.6) is 0 Å².